The Hall–Kier alpha value is -3.72. The predicted octanol–water partition coefficient (Wildman–Crippen LogP) is 5.38. The highest BCUT2D eigenvalue weighted by atomic mass is 35.5. The van der Waals surface area contributed by atoms with Gasteiger partial charge in [-0.25, -0.2) is 4.98 Å². The average molecular weight is 529 g/mol. The molecule has 4 atom stereocenters. The number of rotatable bonds is 5. The van der Waals surface area contributed by atoms with Crippen molar-refractivity contribution >= 4 is 34.4 Å². The molecule has 2 aromatic carbocycles. The first-order valence-corrected chi connectivity index (χ1v) is 13.1. The number of aromatic nitrogens is 3. The molecule has 2 saturated heterocycles. The quantitative estimate of drug-likeness (QED) is 0.374. The molecule has 0 bridgehead atoms. The molecule has 2 aromatic heterocycles. The number of anilines is 1. The van der Waals surface area contributed by atoms with Crippen molar-refractivity contribution in [1.82, 2.24) is 15.0 Å². The Morgan fingerprint density at radius 3 is 2.42 bits per heavy atom. The minimum absolute atomic E-state index is 0.0656. The maximum Gasteiger partial charge on any atom is 0.296 e. The van der Waals surface area contributed by atoms with E-state index >= 15 is 0 Å². The van der Waals surface area contributed by atoms with E-state index in [-0.39, 0.29) is 24.2 Å². The third-order valence-electron chi connectivity index (χ3n) is 7.38. The normalized spacial score (nSPS) is 24.5. The van der Waals surface area contributed by atoms with Crippen LogP contribution in [0.2, 0.25) is 5.02 Å². The number of nitrogens with one attached hydrogen (secondary N) is 1. The lowest BCUT2D eigenvalue weighted by Gasteiger charge is -2.15. The number of imidazole rings is 1. The lowest BCUT2D eigenvalue weighted by molar-refractivity contribution is -0.116. The highest BCUT2D eigenvalue weighted by Crippen LogP contribution is 2.34. The first kappa shape index (κ1) is 23.4. The SMILES string of the molecule is C[C@@H]1CO[C@H]2[C@@H]1OC[C@H]2Oc1nc2nc(-c3ccc(-c4ccc(N5C=CCC5=O)cc4)cc3)c(Cl)cc2[nH]1. The standard InChI is InChI=1S/C29H25ClN4O4/c1-16-14-36-27-23(15-37-26(16)27)38-29-31-22-13-21(30)25(32-28(22)33-29)19-6-4-17(5-7-19)18-8-10-20(11-9-18)34-12-2-3-24(34)35/h2,4-13,16,23,26-27H,3,14-15H2,1H3,(H,31,32,33)/t16-,23-,26-,27-/m1/s1. The van der Waals surface area contributed by atoms with Crippen molar-refractivity contribution in [3.8, 4) is 28.4 Å². The van der Waals surface area contributed by atoms with Crippen molar-refractivity contribution in [3.05, 3.63) is 71.9 Å². The van der Waals surface area contributed by atoms with Crippen LogP contribution in [0, 0.1) is 5.92 Å². The Morgan fingerprint density at radius 1 is 0.974 bits per heavy atom. The van der Waals surface area contributed by atoms with E-state index in [9.17, 15) is 4.79 Å². The molecule has 3 aliphatic heterocycles. The Balaban J connectivity index is 1.10. The summed E-state index contributed by atoms with van der Waals surface area (Å²) in [5, 5.41) is 0.519. The van der Waals surface area contributed by atoms with Gasteiger partial charge in [-0.05, 0) is 29.3 Å². The van der Waals surface area contributed by atoms with Gasteiger partial charge in [0.2, 0.25) is 5.91 Å². The van der Waals surface area contributed by atoms with Crippen LogP contribution in [-0.4, -0.2) is 52.4 Å². The maximum absolute atomic E-state index is 12.0. The molecular formula is C29H25ClN4O4. The lowest BCUT2D eigenvalue weighted by Crippen LogP contribution is -2.33. The van der Waals surface area contributed by atoms with E-state index < -0.39 is 0 Å². The Labute approximate surface area is 224 Å². The fraction of sp³-hybridized carbons (Fsp3) is 0.276. The van der Waals surface area contributed by atoms with Gasteiger partial charge < -0.3 is 19.2 Å². The zero-order chi connectivity index (χ0) is 25.8. The van der Waals surface area contributed by atoms with E-state index in [0.717, 1.165) is 22.4 Å². The topological polar surface area (TPSA) is 89.6 Å². The molecule has 192 valence electrons. The summed E-state index contributed by atoms with van der Waals surface area (Å²) in [6, 6.07) is 18.2. The van der Waals surface area contributed by atoms with E-state index in [1.165, 1.54) is 0 Å². The molecule has 0 aliphatic carbocycles. The average Bonchev–Trinajstić information content (AvgIpc) is 3.71. The van der Waals surface area contributed by atoms with Crippen molar-refractivity contribution in [2.45, 2.75) is 31.7 Å². The molecule has 1 N–H and O–H groups in total. The van der Waals surface area contributed by atoms with Gasteiger partial charge in [0.05, 0.1) is 35.6 Å². The van der Waals surface area contributed by atoms with Crippen LogP contribution in [-0.2, 0) is 14.3 Å². The molecule has 2 fully saturated rings. The molecule has 0 saturated carbocycles. The van der Waals surface area contributed by atoms with Gasteiger partial charge in [-0.1, -0.05) is 61.0 Å². The van der Waals surface area contributed by atoms with Crippen molar-refractivity contribution in [1.29, 1.82) is 0 Å². The van der Waals surface area contributed by atoms with Crippen molar-refractivity contribution in [2.24, 2.45) is 5.92 Å². The van der Waals surface area contributed by atoms with E-state index in [2.05, 4.69) is 16.9 Å². The molecule has 9 heteroatoms. The van der Waals surface area contributed by atoms with Gasteiger partial charge in [-0.2, -0.15) is 4.98 Å². The number of carbonyl (C=O) groups excluding carboxylic acids is 1. The zero-order valence-corrected chi connectivity index (χ0v) is 21.4. The second-order valence-electron chi connectivity index (χ2n) is 9.94. The molecule has 8 nitrogen and oxygen atoms in total. The number of benzene rings is 2. The van der Waals surface area contributed by atoms with Crippen molar-refractivity contribution in [3.63, 3.8) is 0 Å². The number of carbonyl (C=O) groups is 1. The van der Waals surface area contributed by atoms with Crippen LogP contribution in [0.3, 0.4) is 0 Å². The summed E-state index contributed by atoms with van der Waals surface area (Å²) in [6.07, 6.45) is 3.90. The minimum atomic E-state index is -0.214. The number of halogens is 1. The van der Waals surface area contributed by atoms with Crippen LogP contribution >= 0.6 is 11.6 Å². The summed E-state index contributed by atoms with van der Waals surface area (Å²) in [5.74, 6) is 0.439. The summed E-state index contributed by atoms with van der Waals surface area (Å²) in [7, 11) is 0. The monoisotopic (exact) mass is 528 g/mol. The van der Waals surface area contributed by atoms with Crippen LogP contribution < -0.4 is 9.64 Å². The molecule has 3 aliphatic rings. The number of H-pyrrole nitrogens is 1. The summed E-state index contributed by atoms with van der Waals surface area (Å²) < 4.78 is 17.8. The molecule has 38 heavy (non-hydrogen) atoms. The number of hydrogen-bond donors (Lipinski definition) is 1. The smallest absolute Gasteiger partial charge is 0.296 e. The first-order valence-electron chi connectivity index (χ1n) is 12.7. The molecule has 0 radical (unpaired) electrons. The molecule has 7 rings (SSSR count). The second-order valence-corrected chi connectivity index (χ2v) is 10.3. The predicted molar refractivity (Wildman–Crippen MR) is 144 cm³/mol. The minimum Gasteiger partial charge on any atom is -0.456 e. The number of nitrogens with zero attached hydrogens (tertiary/aromatic N) is 3. The third-order valence-corrected chi connectivity index (χ3v) is 7.66. The second kappa shape index (κ2) is 9.23. The number of amides is 1. The fourth-order valence-electron chi connectivity index (χ4n) is 5.36. The molecular weight excluding hydrogens is 504 g/mol. The van der Waals surface area contributed by atoms with E-state index in [0.29, 0.717) is 53.4 Å². The van der Waals surface area contributed by atoms with Gasteiger partial charge in [0.15, 0.2) is 11.8 Å². The zero-order valence-electron chi connectivity index (χ0n) is 20.6. The largest absolute Gasteiger partial charge is 0.456 e. The summed E-state index contributed by atoms with van der Waals surface area (Å²) in [4.78, 5) is 26.1. The van der Waals surface area contributed by atoms with Crippen molar-refractivity contribution in [2.75, 3.05) is 18.1 Å². The molecule has 1 amide bonds. The number of fused-ring (bicyclic) bond motifs is 2. The van der Waals surface area contributed by atoms with Crippen LogP contribution in [0.25, 0.3) is 33.5 Å². The van der Waals surface area contributed by atoms with Crippen LogP contribution in [0.1, 0.15) is 13.3 Å². The van der Waals surface area contributed by atoms with Gasteiger partial charge in [0, 0.05) is 29.8 Å². The van der Waals surface area contributed by atoms with Gasteiger partial charge in [0.1, 0.15) is 6.10 Å². The first-order chi connectivity index (χ1) is 18.5. The summed E-state index contributed by atoms with van der Waals surface area (Å²) in [6.45, 7) is 3.27. The Bertz CT molecular complexity index is 1550. The maximum atomic E-state index is 12.0. The lowest BCUT2D eigenvalue weighted by atomic mass is 10.0. The third kappa shape index (κ3) is 4.05. The van der Waals surface area contributed by atoms with Crippen LogP contribution in [0.5, 0.6) is 6.01 Å². The van der Waals surface area contributed by atoms with E-state index in [4.69, 9.17) is 30.8 Å². The summed E-state index contributed by atoms with van der Waals surface area (Å²) in [5.41, 5.74) is 5.73. The highest BCUT2D eigenvalue weighted by Gasteiger charge is 2.47. The number of ether oxygens (including phenoxy) is 3. The van der Waals surface area contributed by atoms with Gasteiger partial charge in [0.25, 0.3) is 6.01 Å². The molecule has 5 heterocycles. The molecule has 4 aromatic rings. The summed E-state index contributed by atoms with van der Waals surface area (Å²) >= 11 is 6.63. The number of pyridine rings is 1. The van der Waals surface area contributed by atoms with Gasteiger partial charge >= 0.3 is 0 Å². The van der Waals surface area contributed by atoms with Gasteiger partial charge in [-0.3, -0.25) is 9.69 Å². The fourth-order valence-corrected chi connectivity index (χ4v) is 5.62. The molecule has 0 spiro atoms. The van der Waals surface area contributed by atoms with Crippen LogP contribution in [0.15, 0.2) is 66.9 Å². The van der Waals surface area contributed by atoms with Crippen LogP contribution in [0.4, 0.5) is 5.69 Å². The van der Waals surface area contributed by atoms with Gasteiger partial charge in [-0.15, -0.1) is 0 Å². The van der Waals surface area contributed by atoms with Crippen molar-refractivity contribution < 1.29 is 19.0 Å². The number of aromatic amines is 1. The van der Waals surface area contributed by atoms with E-state index in [1.807, 2.05) is 66.9 Å². The number of hydrogen-bond acceptors (Lipinski definition) is 6. The Kier molecular flexibility index (Phi) is 5.69. The Morgan fingerprint density at radius 2 is 1.68 bits per heavy atom. The molecule has 0 unspecified atom stereocenters. The van der Waals surface area contributed by atoms with E-state index in [1.54, 1.807) is 4.90 Å². The highest BCUT2D eigenvalue weighted by molar-refractivity contribution is 6.33.